The van der Waals surface area contributed by atoms with Crippen molar-refractivity contribution in [1.29, 1.82) is 0 Å². The number of ketones is 1. The van der Waals surface area contributed by atoms with Crippen LogP contribution in [0.3, 0.4) is 0 Å². The lowest BCUT2D eigenvalue weighted by Gasteiger charge is -2.25. The van der Waals surface area contributed by atoms with Crippen molar-refractivity contribution < 1.29 is 28.9 Å². The highest BCUT2D eigenvalue weighted by Gasteiger charge is 2.46. The SMILES string of the molecule is COCCN1C(=O)C(=O)/C(=C(/O)c2ccc(OCc3ccccc3)cc2C)C1c1cccc(Oc2ccccc2)c1. The predicted molar refractivity (Wildman–Crippen MR) is 156 cm³/mol. The first-order valence-corrected chi connectivity index (χ1v) is 13.3. The first-order valence-electron chi connectivity index (χ1n) is 13.3. The van der Waals surface area contributed by atoms with Crippen LogP contribution in [0.1, 0.15) is 28.3 Å². The lowest BCUT2D eigenvalue weighted by Crippen LogP contribution is -2.32. The highest BCUT2D eigenvalue weighted by atomic mass is 16.5. The quantitative estimate of drug-likeness (QED) is 0.139. The molecular formula is C34H31NO6. The number of hydrogen-bond acceptors (Lipinski definition) is 6. The van der Waals surface area contributed by atoms with Gasteiger partial charge >= 0.3 is 0 Å². The monoisotopic (exact) mass is 549 g/mol. The number of likely N-dealkylation sites (tertiary alicyclic amines) is 1. The van der Waals surface area contributed by atoms with Crippen molar-refractivity contribution in [2.24, 2.45) is 0 Å². The molecule has 41 heavy (non-hydrogen) atoms. The summed E-state index contributed by atoms with van der Waals surface area (Å²) in [6.45, 7) is 2.64. The lowest BCUT2D eigenvalue weighted by molar-refractivity contribution is -0.140. The van der Waals surface area contributed by atoms with Crippen molar-refractivity contribution >= 4 is 17.4 Å². The molecule has 0 spiro atoms. The molecule has 0 aromatic heterocycles. The molecule has 1 heterocycles. The summed E-state index contributed by atoms with van der Waals surface area (Å²) >= 11 is 0. The third-order valence-corrected chi connectivity index (χ3v) is 6.93. The van der Waals surface area contributed by atoms with Crippen molar-refractivity contribution in [3.05, 3.63) is 131 Å². The summed E-state index contributed by atoms with van der Waals surface area (Å²) in [5.74, 6) is 0.149. The minimum absolute atomic E-state index is 0.0176. The molecule has 7 heteroatoms. The van der Waals surface area contributed by atoms with Gasteiger partial charge in [-0.25, -0.2) is 0 Å². The second-order valence-electron chi connectivity index (χ2n) is 9.72. The summed E-state index contributed by atoms with van der Waals surface area (Å²) in [6, 6.07) is 30.8. The second-order valence-corrected chi connectivity index (χ2v) is 9.72. The number of methoxy groups -OCH3 is 1. The average molecular weight is 550 g/mol. The number of benzene rings is 4. The van der Waals surface area contributed by atoms with E-state index in [2.05, 4.69) is 0 Å². The van der Waals surface area contributed by atoms with E-state index >= 15 is 0 Å². The zero-order valence-electron chi connectivity index (χ0n) is 22.9. The van der Waals surface area contributed by atoms with Gasteiger partial charge in [-0.2, -0.15) is 0 Å². The second kappa shape index (κ2) is 12.5. The van der Waals surface area contributed by atoms with Crippen molar-refractivity contribution in [2.45, 2.75) is 19.6 Å². The van der Waals surface area contributed by atoms with Crippen molar-refractivity contribution in [3.63, 3.8) is 0 Å². The van der Waals surface area contributed by atoms with Crippen LogP contribution in [0, 0.1) is 6.92 Å². The maximum Gasteiger partial charge on any atom is 0.295 e. The number of aliphatic hydroxyl groups excluding tert-OH is 1. The summed E-state index contributed by atoms with van der Waals surface area (Å²) in [6.07, 6.45) is 0. The molecule has 7 nitrogen and oxygen atoms in total. The van der Waals surface area contributed by atoms with E-state index in [0.29, 0.717) is 40.5 Å². The Morgan fingerprint density at radius 1 is 0.829 bits per heavy atom. The number of rotatable bonds is 10. The summed E-state index contributed by atoms with van der Waals surface area (Å²) in [4.78, 5) is 28.0. The third kappa shape index (κ3) is 6.15. The number of aliphatic hydroxyl groups is 1. The minimum atomic E-state index is -0.821. The number of para-hydroxylation sites is 1. The number of ether oxygens (including phenoxy) is 3. The predicted octanol–water partition coefficient (Wildman–Crippen LogP) is 6.43. The van der Waals surface area contributed by atoms with Crippen LogP contribution < -0.4 is 9.47 Å². The van der Waals surface area contributed by atoms with E-state index in [-0.39, 0.29) is 24.5 Å². The third-order valence-electron chi connectivity index (χ3n) is 6.93. The number of Topliss-reactive ketones (excluding diaryl/α,β-unsaturated/α-hetero) is 1. The highest BCUT2D eigenvalue weighted by Crippen LogP contribution is 2.41. The topological polar surface area (TPSA) is 85.3 Å². The number of aryl methyl sites for hydroxylation is 1. The van der Waals surface area contributed by atoms with E-state index in [1.54, 1.807) is 30.3 Å². The fourth-order valence-corrected chi connectivity index (χ4v) is 4.90. The number of amides is 1. The molecule has 1 unspecified atom stereocenters. The Kier molecular flexibility index (Phi) is 8.46. The Hall–Kier alpha value is -4.88. The fraction of sp³-hybridized carbons (Fsp3) is 0.176. The molecule has 0 radical (unpaired) electrons. The van der Waals surface area contributed by atoms with Gasteiger partial charge in [-0.1, -0.05) is 60.7 Å². The van der Waals surface area contributed by atoms with Gasteiger partial charge in [0.1, 0.15) is 29.6 Å². The smallest absolute Gasteiger partial charge is 0.295 e. The molecule has 1 saturated heterocycles. The highest BCUT2D eigenvalue weighted by molar-refractivity contribution is 6.46. The van der Waals surface area contributed by atoms with Crippen LogP contribution in [-0.2, 0) is 20.9 Å². The van der Waals surface area contributed by atoms with Gasteiger partial charge in [-0.15, -0.1) is 0 Å². The Morgan fingerprint density at radius 3 is 2.24 bits per heavy atom. The molecule has 4 aromatic carbocycles. The van der Waals surface area contributed by atoms with E-state index in [1.807, 2.05) is 79.7 Å². The van der Waals surface area contributed by atoms with E-state index < -0.39 is 17.7 Å². The van der Waals surface area contributed by atoms with E-state index in [1.165, 1.54) is 12.0 Å². The van der Waals surface area contributed by atoms with Crippen LogP contribution in [0.5, 0.6) is 17.2 Å². The standard InChI is InChI=1S/C34H31NO6/c1-23-20-27(40-22-24-10-5-3-6-11-24)16-17-29(23)32(36)30-31(35(18-19-39-2)34(38)33(30)37)25-12-9-15-28(21-25)41-26-13-7-4-8-14-26/h3-17,20-21,31,36H,18-19,22H2,1-2H3/b32-30+. The number of carbonyl (C=O) groups is 2. The molecule has 1 aliphatic rings. The molecule has 1 fully saturated rings. The number of carbonyl (C=O) groups excluding carboxylic acids is 2. The van der Waals surface area contributed by atoms with Crippen LogP contribution in [-0.4, -0.2) is 42.0 Å². The first kappa shape index (κ1) is 27.7. The maximum absolute atomic E-state index is 13.4. The first-order chi connectivity index (χ1) is 20.0. The molecular weight excluding hydrogens is 518 g/mol. The van der Waals surface area contributed by atoms with E-state index in [0.717, 1.165) is 5.56 Å². The molecule has 1 atom stereocenters. The molecule has 1 N–H and O–H groups in total. The van der Waals surface area contributed by atoms with E-state index in [4.69, 9.17) is 14.2 Å². The van der Waals surface area contributed by atoms with Crippen LogP contribution in [0.15, 0.2) is 109 Å². The molecule has 0 aliphatic carbocycles. The Labute approximate surface area is 239 Å². The molecule has 1 amide bonds. The Balaban J connectivity index is 1.50. The number of hydrogen-bond donors (Lipinski definition) is 1. The summed E-state index contributed by atoms with van der Waals surface area (Å²) < 4.78 is 17.2. The van der Waals surface area contributed by atoms with Crippen molar-refractivity contribution in [3.8, 4) is 17.2 Å². The van der Waals surface area contributed by atoms with Crippen LogP contribution in [0.2, 0.25) is 0 Å². The normalized spacial score (nSPS) is 16.1. The van der Waals surface area contributed by atoms with Crippen LogP contribution in [0.25, 0.3) is 5.76 Å². The Morgan fingerprint density at radius 2 is 1.54 bits per heavy atom. The molecule has 0 saturated carbocycles. The van der Waals surface area contributed by atoms with Crippen LogP contribution >= 0.6 is 0 Å². The van der Waals surface area contributed by atoms with Gasteiger partial charge in [0.25, 0.3) is 11.7 Å². The zero-order chi connectivity index (χ0) is 28.8. The maximum atomic E-state index is 13.4. The molecule has 5 rings (SSSR count). The van der Waals surface area contributed by atoms with Gasteiger partial charge < -0.3 is 24.2 Å². The van der Waals surface area contributed by atoms with E-state index in [9.17, 15) is 14.7 Å². The zero-order valence-corrected chi connectivity index (χ0v) is 22.9. The van der Waals surface area contributed by atoms with Gasteiger partial charge in [-0.05, 0) is 66.1 Å². The van der Waals surface area contributed by atoms with Gasteiger partial charge in [-0.3, -0.25) is 9.59 Å². The molecule has 4 aromatic rings. The average Bonchev–Trinajstić information content (AvgIpc) is 3.25. The van der Waals surface area contributed by atoms with Gasteiger partial charge in [0.15, 0.2) is 0 Å². The van der Waals surface area contributed by atoms with Gasteiger partial charge in [0.2, 0.25) is 0 Å². The summed E-state index contributed by atoms with van der Waals surface area (Å²) in [5.41, 5.74) is 2.84. The van der Waals surface area contributed by atoms with Crippen molar-refractivity contribution in [2.75, 3.05) is 20.3 Å². The largest absolute Gasteiger partial charge is 0.507 e. The molecule has 208 valence electrons. The summed E-state index contributed by atoms with van der Waals surface area (Å²) in [7, 11) is 1.53. The van der Waals surface area contributed by atoms with Gasteiger partial charge in [0, 0.05) is 19.2 Å². The molecule has 0 bridgehead atoms. The minimum Gasteiger partial charge on any atom is -0.507 e. The fourth-order valence-electron chi connectivity index (χ4n) is 4.90. The lowest BCUT2D eigenvalue weighted by atomic mass is 9.93. The van der Waals surface area contributed by atoms with Crippen molar-refractivity contribution in [1.82, 2.24) is 4.90 Å². The Bertz CT molecular complexity index is 1560. The van der Waals surface area contributed by atoms with Crippen LogP contribution in [0.4, 0.5) is 0 Å². The summed E-state index contributed by atoms with van der Waals surface area (Å²) in [5, 5.41) is 11.5. The van der Waals surface area contributed by atoms with Gasteiger partial charge in [0.05, 0.1) is 18.2 Å². The number of nitrogens with zero attached hydrogens (tertiary/aromatic N) is 1. The molecule has 1 aliphatic heterocycles.